The molecule has 1 amide bonds. The Kier molecular flexibility index (Phi) is 5.34. The zero-order valence-corrected chi connectivity index (χ0v) is 17.9. The summed E-state index contributed by atoms with van der Waals surface area (Å²) in [7, 11) is 0. The molecular formula is C24H33NO4. The molecule has 3 fully saturated rings. The Hall–Kier alpha value is -2.04. The summed E-state index contributed by atoms with van der Waals surface area (Å²) in [5, 5.41) is 0. The first-order valence-electron chi connectivity index (χ1n) is 10.9. The SMILES string of the molecule is CC1(C)CC2CC(C)(CN2C(=O)c2ccc(OC3CCC(OC=O)CC3)cc2)C1. The van der Waals surface area contributed by atoms with E-state index in [0.29, 0.717) is 17.9 Å². The zero-order chi connectivity index (χ0) is 20.6. The van der Waals surface area contributed by atoms with E-state index in [0.717, 1.165) is 56.4 Å². The molecule has 1 heterocycles. The van der Waals surface area contributed by atoms with E-state index in [-0.39, 0.29) is 23.5 Å². The van der Waals surface area contributed by atoms with Gasteiger partial charge >= 0.3 is 0 Å². The molecule has 0 radical (unpaired) electrons. The van der Waals surface area contributed by atoms with Gasteiger partial charge < -0.3 is 14.4 Å². The minimum absolute atomic E-state index is 0.0269. The van der Waals surface area contributed by atoms with Gasteiger partial charge in [0.15, 0.2) is 0 Å². The molecule has 1 aliphatic heterocycles. The van der Waals surface area contributed by atoms with Gasteiger partial charge in [-0.15, -0.1) is 0 Å². The summed E-state index contributed by atoms with van der Waals surface area (Å²) >= 11 is 0. The van der Waals surface area contributed by atoms with Crippen LogP contribution in [0.15, 0.2) is 24.3 Å². The van der Waals surface area contributed by atoms with Crippen molar-refractivity contribution in [3.8, 4) is 5.75 Å². The molecule has 1 saturated heterocycles. The van der Waals surface area contributed by atoms with Crippen molar-refractivity contribution in [2.24, 2.45) is 10.8 Å². The third-order valence-electron chi connectivity index (χ3n) is 6.95. The number of amides is 1. The van der Waals surface area contributed by atoms with E-state index in [1.165, 1.54) is 6.42 Å². The van der Waals surface area contributed by atoms with Crippen molar-refractivity contribution in [3.05, 3.63) is 29.8 Å². The maximum atomic E-state index is 13.2. The number of hydrogen-bond acceptors (Lipinski definition) is 4. The second-order valence-electron chi connectivity index (χ2n) is 10.4. The molecule has 0 spiro atoms. The van der Waals surface area contributed by atoms with E-state index >= 15 is 0 Å². The van der Waals surface area contributed by atoms with Crippen LogP contribution in [0.1, 0.15) is 76.1 Å². The molecule has 2 saturated carbocycles. The van der Waals surface area contributed by atoms with E-state index in [1.54, 1.807) is 0 Å². The molecule has 0 aromatic heterocycles. The predicted molar refractivity (Wildman–Crippen MR) is 111 cm³/mol. The summed E-state index contributed by atoms with van der Waals surface area (Å²) in [6, 6.07) is 7.98. The lowest BCUT2D eigenvalue weighted by Crippen LogP contribution is -2.37. The molecule has 2 aliphatic carbocycles. The number of likely N-dealkylation sites (tertiary alicyclic amines) is 1. The molecule has 2 bridgehead atoms. The van der Waals surface area contributed by atoms with Crippen LogP contribution < -0.4 is 4.74 Å². The average molecular weight is 400 g/mol. The average Bonchev–Trinajstić information content (AvgIpc) is 2.92. The monoisotopic (exact) mass is 399 g/mol. The minimum Gasteiger partial charge on any atom is -0.490 e. The summed E-state index contributed by atoms with van der Waals surface area (Å²) < 4.78 is 11.1. The van der Waals surface area contributed by atoms with Gasteiger partial charge in [-0.05, 0) is 80.0 Å². The lowest BCUT2D eigenvalue weighted by atomic mass is 9.65. The lowest BCUT2D eigenvalue weighted by molar-refractivity contribution is -0.135. The van der Waals surface area contributed by atoms with Crippen LogP contribution in [0.4, 0.5) is 0 Å². The molecule has 29 heavy (non-hydrogen) atoms. The number of nitrogens with zero attached hydrogens (tertiary/aromatic N) is 1. The number of hydrogen-bond donors (Lipinski definition) is 0. The first kappa shape index (κ1) is 20.2. The number of benzene rings is 1. The number of fused-ring (bicyclic) bond motifs is 2. The minimum atomic E-state index is 0.0269. The highest BCUT2D eigenvalue weighted by atomic mass is 16.5. The van der Waals surface area contributed by atoms with Crippen molar-refractivity contribution in [3.63, 3.8) is 0 Å². The van der Waals surface area contributed by atoms with E-state index < -0.39 is 0 Å². The van der Waals surface area contributed by atoms with Crippen LogP contribution in [0.25, 0.3) is 0 Å². The Balaban J connectivity index is 1.36. The van der Waals surface area contributed by atoms with Crippen molar-refractivity contribution in [1.82, 2.24) is 4.90 Å². The number of carbonyl (C=O) groups excluding carboxylic acids is 2. The maximum Gasteiger partial charge on any atom is 0.293 e. The van der Waals surface area contributed by atoms with Gasteiger partial charge in [0, 0.05) is 18.2 Å². The van der Waals surface area contributed by atoms with E-state index in [2.05, 4.69) is 25.7 Å². The topological polar surface area (TPSA) is 55.8 Å². The van der Waals surface area contributed by atoms with Crippen molar-refractivity contribution >= 4 is 12.4 Å². The van der Waals surface area contributed by atoms with Gasteiger partial charge in [0.1, 0.15) is 11.9 Å². The molecule has 5 nitrogen and oxygen atoms in total. The standard InChI is InChI=1S/C24H33NO4/c1-23(2)12-18-13-24(3,14-23)15-25(18)22(27)17-4-6-20(7-5-17)29-21-10-8-19(9-11-21)28-16-26/h4-7,16,18-19,21H,8-15H2,1-3H3. The Morgan fingerprint density at radius 3 is 2.34 bits per heavy atom. The van der Waals surface area contributed by atoms with Crippen LogP contribution >= 0.6 is 0 Å². The van der Waals surface area contributed by atoms with Crippen LogP contribution in [0, 0.1) is 10.8 Å². The number of rotatable bonds is 5. The quantitative estimate of drug-likeness (QED) is 0.680. The number of carbonyl (C=O) groups is 2. The Labute approximate surface area is 173 Å². The highest BCUT2D eigenvalue weighted by Crippen LogP contribution is 2.52. The highest BCUT2D eigenvalue weighted by Gasteiger charge is 2.51. The first-order valence-corrected chi connectivity index (χ1v) is 10.9. The predicted octanol–water partition coefficient (Wildman–Crippen LogP) is 4.59. The molecule has 158 valence electrons. The molecule has 3 aliphatic rings. The molecule has 5 heteroatoms. The summed E-state index contributed by atoms with van der Waals surface area (Å²) in [6.45, 7) is 8.40. The maximum absolute atomic E-state index is 13.2. The molecule has 1 aromatic rings. The van der Waals surface area contributed by atoms with Crippen molar-refractivity contribution < 1.29 is 19.1 Å². The van der Waals surface area contributed by atoms with Crippen LogP contribution in [0.3, 0.4) is 0 Å². The van der Waals surface area contributed by atoms with Gasteiger partial charge in [0.25, 0.3) is 12.4 Å². The van der Waals surface area contributed by atoms with Crippen LogP contribution in [-0.2, 0) is 9.53 Å². The first-order chi connectivity index (χ1) is 13.8. The van der Waals surface area contributed by atoms with Gasteiger partial charge in [-0.2, -0.15) is 0 Å². The molecule has 2 unspecified atom stereocenters. The lowest BCUT2D eigenvalue weighted by Gasteiger charge is -2.39. The van der Waals surface area contributed by atoms with E-state index in [1.807, 2.05) is 24.3 Å². The largest absolute Gasteiger partial charge is 0.490 e. The number of ether oxygens (including phenoxy) is 2. The Bertz CT molecular complexity index is 751. The van der Waals surface area contributed by atoms with E-state index in [9.17, 15) is 9.59 Å². The Morgan fingerprint density at radius 2 is 1.69 bits per heavy atom. The van der Waals surface area contributed by atoms with Crippen molar-refractivity contribution in [1.29, 1.82) is 0 Å². The van der Waals surface area contributed by atoms with Gasteiger partial charge in [-0.3, -0.25) is 9.59 Å². The smallest absolute Gasteiger partial charge is 0.293 e. The molecule has 1 aromatic carbocycles. The Morgan fingerprint density at radius 1 is 1.03 bits per heavy atom. The third kappa shape index (κ3) is 4.44. The third-order valence-corrected chi connectivity index (χ3v) is 6.95. The fourth-order valence-electron chi connectivity index (χ4n) is 6.10. The van der Waals surface area contributed by atoms with E-state index in [4.69, 9.17) is 9.47 Å². The van der Waals surface area contributed by atoms with Crippen LogP contribution in [-0.4, -0.2) is 42.1 Å². The summed E-state index contributed by atoms with van der Waals surface area (Å²) in [4.78, 5) is 25.7. The molecular weight excluding hydrogens is 366 g/mol. The van der Waals surface area contributed by atoms with Crippen LogP contribution in [0.5, 0.6) is 5.75 Å². The van der Waals surface area contributed by atoms with Gasteiger partial charge in [-0.1, -0.05) is 20.8 Å². The van der Waals surface area contributed by atoms with Gasteiger partial charge in [-0.25, -0.2) is 0 Å². The van der Waals surface area contributed by atoms with Crippen molar-refractivity contribution in [2.45, 2.75) is 84.0 Å². The van der Waals surface area contributed by atoms with Gasteiger partial charge in [0.2, 0.25) is 0 Å². The summed E-state index contributed by atoms with van der Waals surface area (Å²) in [5.74, 6) is 0.948. The zero-order valence-electron chi connectivity index (χ0n) is 17.9. The molecule has 4 rings (SSSR count). The highest BCUT2D eigenvalue weighted by molar-refractivity contribution is 5.94. The summed E-state index contributed by atoms with van der Waals surface area (Å²) in [5.41, 5.74) is 1.30. The van der Waals surface area contributed by atoms with Gasteiger partial charge in [0.05, 0.1) is 6.10 Å². The van der Waals surface area contributed by atoms with Crippen molar-refractivity contribution in [2.75, 3.05) is 6.54 Å². The molecule has 0 N–H and O–H groups in total. The second-order valence-corrected chi connectivity index (χ2v) is 10.4. The summed E-state index contributed by atoms with van der Waals surface area (Å²) in [6.07, 6.45) is 7.00. The van der Waals surface area contributed by atoms with Crippen LogP contribution in [0.2, 0.25) is 0 Å². The second kappa shape index (κ2) is 7.66. The molecule has 2 atom stereocenters. The normalized spacial score (nSPS) is 33.2. The fraction of sp³-hybridized carbons (Fsp3) is 0.667. The fourth-order valence-corrected chi connectivity index (χ4v) is 6.10.